The standard InChI is InChI=1S/C7H12N2/c1-2-4-7(3-1)5-8-6-9-7/h6H,1-5H2,(H,8,9). The predicted octanol–water partition coefficient (Wildman–Crippen LogP) is 0.931. The van der Waals surface area contributed by atoms with Crippen LogP contribution in [-0.2, 0) is 0 Å². The van der Waals surface area contributed by atoms with Crippen LogP contribution in [-0.4, -0.2) is 18.4 Å². The molecule has 1 aliphatic heterocycles. The molecule has 0 atom stereocenters. The molecular formula is C7H12N2. The van der Waals surface area contributed by atoms with Crippen molar-refractivity contribution < 1.29 is 0 Å². The number of hydrogen-bond acceptors (Lipinski definition) is 2. The van der Waals surface area contributed by atoms with Gasteiger partial charge in [0.15, 0.2) is 0 Å². The Hall–Kier alpha value is -0.530. The fraction of sp³-hybridized carbons (Fsp3) is 0.857. The minimum atomic E-state index is 0.417. The van der Waals surface area contributed by atoms with Crippen molar-refractivity contribution in [3.05, 3.63) is 0 Å². The Labute approximate surface area is 55.4 Å². The molecule has 0 aromatic rings. The van der Waals surface area contributed by atoms with Gasteiger partial charge < -0.3 is 5.32 Å². The zero-order valence-electron chi connectivity index (χ0n) is 5.56. The summed E-state index contributed by atoms with van der Waals surface area (Å²) in [5.74, 6) is 0. The summed E-state index contributed by atoms with van der Waals surface area (Å²) in [5, 5.41) is 3.34. The van der Waals surface area contributed by atoms with Gasteiger partial charge in [0.25, 0.3) is 0 Å². The lowest BCUT2D eigenvalue weighted by molar-refractivity contribution is 0.429. The van der Waals surface area contributed by atoms with Gasteiger partial charge in [0.05, 0.1) is 18.4 Å². The van der Waals surface area contributed by atoms with Gasteiger partial charge in [0, 0.05) is 0 Å². The van der Waals surface area contributed by atoms with Crippen molar-refractivity contribution in [3.63, 3.8) is 0 Å². The Morgan fingerprint density at radius 2 is 2.11 bits per heavy atom. The maximum absolute atomic E-state index is 4.18. The average Bonchev–Trinajstić information content (AvgIpc) is 2.45. The first-order chi connectivity index (χ1) is 4.41. The van der Waals surface area contributed by atoms with E-state index in [1.54, 1.807) is 0 Å². The third-order valence-corrected chi connectivity index (χ3v) is 2.42. The van der Waals surface area contributed by atoms with Crippen molar-refractivity contribution in [2.75, 3.05) is 6.54 Å². The van der Waals surface area contributed by atoms with Gasteiger partial charge >= 0.3 is 0 Å². The van der Waals surface area contributed by atoms with E-state index in [2.05, 4.69) is 10.3 Å². The van der Waals surface area contributed by atoms with Crippen LogP contribution in [0.25, 0.3) is 0 Å². The van der Waals surface area contributed by atoms with Gasteiger partial charge in [-0.3, -0.25) is 4.99 Å². The first kappa shape index (κ1) is 5.27. The Kier molecular flexibility index (Phi) is 1.01. The third-order valence-electron chi connectivity index (χ3n) is 2.42. The molecule has 0 aromatic heterocycles. The van der Waals surface area contributed by atoms with E-state index in [9.17, 15) is 0 Å². The molecule has 2 aliphatic rings. The van der Waals surface area contributed by atoms with Crippen LogP contribution >= 0.6 is 0 Å². The minimum Gasteiger partial charge on any atom is -0.369 e. The van der Waals surface area contributed by atoms with Crippen molar-refractivity contribution in [2.24, 2.45) is 4.99 Å². The molecule has 2 nitrogen and oxygen atoms in total. The summed E-state index contributed by atoms with van der Waals surface area (Å²) in [5.41, 5.74) is 0.417. The van der Waals surface area contributed by atoms with E-state index in [1.807, 2.05) is 6.34 Å². The smallest absolute Gasteiger partial charge is 0.0829 e. The molecule has 2 heteroatoms. The summed E-state index contributed by atoms with van der Waals surface area (Å²) in [6, 6.07) is 0. The summed E-state index contributed by atoms with van der Waals surface area (Å²) in [7, 11) is 0. The first-order valence-corrected chi connectivity index (χ1v) is 3.67. The molecule has 0 bridgehead atoms. The SMILES string of the molecule is C1=NCC2(CCCC2)N1. The van der Waals surface area contributed by atoms with Crippen LogP contribution in [0.2, 0.25) is 0 Å². The van der Waals surface area contributed by atoms with E-state index in [1.165, 1.54) is 25.7 Å². The number of rotatable bonds is 0. The highest BCUT2D eigenvalue weighted by Crippen LogP contribution is 2.30. The summed E-state index contributed by atoms with van der Waals surface area (Å²) in [6.07, 6.45) is 7.29. The van der Waals surface area contributed by atoms with E-state index in [4.69, 9.17) is 0 Å². The first-order valence-electron chi connectivity index (χ1n) is 3.67. The number of hydrogen-bond donors (Lipinski definition) is 1. The maximum atomic E-state index is 4.18. The second-order valence-corrected chi connectivity index (χ2v) is 3.10. The van der Waals surface area contributed by atoms with Crippen molar-refractivity contribution >= 4 is 6.34 Å². The minimum absolute atomic E-state index is 0.417. The van der Waals surface area contributed by atoms with Crippen LogP contribution in [0.3, 0.4) is 0 Å². The van der Waals surface area contributed by atoms with Crippen molar-refractivity contribution in [1.82, 2.24) is 5.32 Å². The molecule has 0 aromatic carbocycles. The van der Waals surface area contributed by atoms with Gasteiger partial charge in [0.1, 0.15) is 0 Å². The van der Waals surface area contributed by atoms with Gasteiger partial charge in [-0.1, -0.05) is 12.8 Å². The predicted molar refractivity (Wildman–Crippen MR) is 37.7 cm³/mol. The maximum Gasteiger partial charge on any atom is 0.0829 e. The summed E-state index contributed by atoms with van der Waals surface area (Å²) in [4.78, 5) is 4.18. The second kappa shape index (κ2) is 1.72. The highest BCUT2D eigenvalue weighted by atomic mass is 15.1. The van der Waals surface area contributed by atoms with Crippen molar-refractivity contribution in [1.29, 1.82) is 0 Å². The number of nitrogens with zero attached hydrogens (tertiary/aromatic N) is 1. The Balaban J connectivity index is 2.07. The monoisotopic (exact) mass is 124 g/mol. The lowest BCUT2D eigenvalue weighted by atomic mass is 10.00. The van der Waals surface area contributed by atoms with Gasteiger partial charge in [-0.15, -0.1) is 0 Å². The molecule has 1 aliphatic carbocycles. The molecule has 1 N–H and O–H groups in total. The molecule has 1 spiro atoms. The molecule has 1 saturated carbocycles. The fourth-order valence-corrected chi connectivity index (χ4v) is 1.80. The molecule has 50 valence electrons. The molecule has 0 saturated heterocycles. The van der Waals surface area contributed by atoms with Crippen LogP contribution in [0.1, 0.15) is 25.7 Å². The van der Waals surface area contributed by atoms with Gasteiger partial charge in [-0.25, -0.2) is 0 Å². The summed E-state index contributed by atoms with van der Waals surface area (Å²) >= 11 is 0. The summed E-state index contributed by atoms with van der Waals surface area (Å²) in [6.45, 7) is 1.02. The molecule has 0 radical (unpaired) electrons. The average molecular weight is 124 g/mol. The quantitative estimate of drug-likeness (QED) is 0.510. The molecular weight excluding hydrogens is 112 g/mol. The van der Waals surface area contributed by atoms with Gasteiger partial charge in [-0.2, -0.15) is 0 Å². The molecule has 9 heavy (non-hydrogen) atoms. The Bertz CT molecular complexity index is 124. The Morgan fingerprint density at radius 1 is 1.33 bits per heavy atom. The molecule has 1 heterocycles. The topological polar surface area (TPSA) is 24.4 Å². The van der Waals surface area contributed by atoms with E-state index in [0.717, 1.165) is 6.54 Å². The van der Waals surface area contributed by atoms with Gasteiger partial charge in [0.2, 0.25) is 0 Å². The number of nitrogens with one attached hydrogen (secondary N) is 1. The summed E-state index contributed by atoms with van der Waals surface area (Å²) < 4.78 is 0. The molecule has 0 amide bonds. The molecule has 0 unspecified atom stereocenters. The van der Waals surface area contributed by atoms with Crippen molar-refractivity contribution in [3.8, 4) is 0 Å². The van der Waals surface area contributed by atoms with E-state index >= 15 is 0 Å². The molecule has 2 rings (SSSR count). The largest absolute Gasteiger partial charge is 0.369 e. The fourth-order valence-electron chi connectivity index (χ4n) is 1.80. The van der Waals surface area contributed by atoms with Crippen LogP contribution in [0, 0.1) is 0 Å². The van der Waals surface area contributed by atoms with Crippen LogP contribution < -0.4 is 5.32 Å². The van der Waals surface area contributed by atoms with E-state index in [0.29, 0.717) is 5.54 Å². The van der Waals surface area contributed by atoms with E-state index < -0.39 is 0 Å². The van der Waals surface area contributed by atoms with Gasteiger partial charge in [-0.05, 0) is 12.8 Å². The van der Waals surface area contributed by atoms with Crippen LogP contribution in [0.4, 0.5) is 0 Å². The highest BCUT2D eigenvalue weighted by Gasteiger charge is 2.34. The van der Waals surface area contributed by atoms with Crippen LogP contribution in [0.5, 0.6) is 0 Å². The lowest BCUT2D eigenvalue weighted by Gasteiger charge is -2.21. The second-order valence-electron chi connectivity index (χ2n) is 3.10. The van der Waals surface area contributed by atoms with E-state index in [-0.39, 0.29) is 0 Å². The highest BCUT2D eigenvalue weighted by molar-refractivity contribution is 5.59. The molecule has 1 fully saturated rings. The van der Waals surface area contributed by atoms with Crippen molar-refractivity contribution in [2.45, 2.75) is 31.2 Å². The third kappa shape index (κ3) is 0.732. The normalized spacial score (nSPS) is 29.3. The zero-order valence-corrected chi connectivity index (χ0v) is 5.56. The lowest BCUT2D eigenvalue weighted by Crippen LogP contribution is -2.39. The van der Waals surface area contributed by atoms with Crippen LogP contribution in [0.15, 0.2) is 4.99 Å². The number of aliphatic imine (C=N–C) groups is 1. The Morgan fingerprint density at radius 3 is 2.67 bits per heavy atom. The zero-order chi connectivity index (χ0) is 6.16.